The number of carbonyl (C=O) groups excluding carboxylic acids is 2. The van der Waals surface area contributed by atoms with Crippen LogP contribution < -0.4 is 5.32 Å². The summed E-state index contributed by atoms with van der Waals surface area (Å²) >= 11 is 0. The van der Waals surface area contributed by atoms with E-state index in [0.29, 0.717) is 12.3 Å². The van der Waals surface area contributed by atoms with Crippen molar-refractivity contribution in [1.29, 1.82) is 0 Å². The van der Waals surface area contributed by atoms with E-state index in [0.717, 1.165) is 50.0 Å². The molecule has 0 spiro atoms. The molecule has 0 aliphatic heterocycles. The molecule has 0 saturated carbocycles. The van der Waals surface area contributed by atoms with Gasteiger partial charge in [-0.25, -0.2) is 4.79 Å². The van der Waals surface area contributed by atoms with Crippen molar-refractivity contribution in [1.82, 2.24) is 10.1 Å². The third-order valence-electron chi connectivity index (χ3n) is 5.49. The lowest BCUT2D eigenvalue weighted by Gasteiger charge is -2.23. The van der Waals surface area contributed by atoms with Gasteiger partial charge in [-0.05, 0) is 37.8 Å². The second-order valence-electron chi connectivity index (χ2n) is 8.32. The molecular formula is C26H39N3O5. The van der Waals surface area contributed by atoms with Crippen LogP contribution in [0.4, 0.5) is 10.5 Å². The number of methoxy groups -OCH3 is 1. The van der Waals surface area contributed by atoms with Crippen molar-refractivity contribution in [2.75, 3.05) is 32.1 Å². The third-order valence-corrected chi connectivity index (χ3v) is 5.49. The second kappa shape index (κ2) is 16.7. The molecule has 0 radical (unpaired) electrons. The highest BCUT2D eigenvalue weighted by atomic mass is 16.5. The molecule has 8 nitrogen and oxygen atoms in total. The van der Waals surface area contributed by atoms with Gasteiger partial charge in [-0.2, -0.15) is 0 Å². The van der Waals surface area contributed by atoms with E-state index in [2.05, 4.69) is 22.1 Å². The highest BCUT2D eigenvalue weighted by molar-refractivity contribution is 5.89. The Bertz CT molecular complexity index is 825. The number of ether oxygens (including phenoxy) is 2. The largest absolute Gasteiger partial charge is 0.469 e. The number of amides is 2. The number of urea groups is 1. The first-order chi connectivity index (χ1) is 16.6. The van der Waals surface area contributed by atoms with Gasteiger partial charge in [0.15, 0.2) is 5.76 Å². The summed E-state index contributed by atoms with van der Waals surface area (Å²) in [6.45, 7) is 4.22. The average Bonchev–Trinajstić information content (AvgIpc) is 3.31. The van der Waals surface area contributed by atoms with E-state index in [-0.39, 0.29) is 31.6 Å². The van der Waals surface area contributed by atoms with Gasteiger partial charge in [-0.3, -0.25) is 4.79 Å². The first-order valence-electron chi connectivity index (χ1n) is 12.3. The zero-order chi connectivity index (χ0) is 24.4. The number of hydrogen-bond acceptors (Lipinski definition) is 6. The van der Waals surface area contributed by atoms with Crippen LogP contribution in [0.15, 0.2) is 40.9 Å². The van der Waals surface area contributed by atoms with Crippen LogP contribution in [0.25, 0.3) is 0 Å². The van der Waals surface area contributed by atoms with Crippen molar-refractivity contribution in [3.05, 3.63) is 47.9 Å². The Balaban J connectivity index is 1.73. The van der Waals surface area contributed by atoms with Crippen LogP contribution in [0.2, 0.25) is 0 Å². The predicted octanol–water partition coefficient (Wildman–Crippen LogP) is 5.58. The molecule has 1 N–H and O–H groups in total. The maximum absolute atomic E-state index is 12.8. The minimum absolute atomic E-state index is 0.0467. The van der Waals surface area contributed by atoms with Gasteiger partial charge in [0.1, 0.15) is 6.61 Å². The van der Waals surface area contributed by atoms with Crippen LogP contribution in [0.1, 0.15) is 69.7 Å². The van der Waals surface area contributed by atoms with Gasteiger partial charge in [0.25, 0.3) is 0 Å². The summed E-state index contributed by atoms with van der Waals surface area (Å²) in [5, 5.41) is 7.10. The fraction of sp³-hybridized carbons (Fsp3) is 0.577. The molecule has 34 heavy (non-hydrogen) atoms. The molecule has 8 heteroatoms. The number of nitrogens with zero attached hydrogens (tertiary/aromatic N) is 2. The third kappa shape index (κ3) is 11.3. The Morgan fingerprint density at radius 1 is 1.03 bits per heavy atom. The van der Waals surface area contributed by atoms with E-state index in [1.165, 1.54) is 26.4 Å². The van der Waals surface area contributed by atoms with Gasteiger partial charge in [-0.15, -0.1) is 0 Å². The second-order valence-corrected chi connectivity index (χ2v) is 8.32. The fourth-order valence-corrected chi connectivity index (χ4v) is 3.53. The zero-order valence-corrected chi connectivity index (χ0v) is 20.6. The van der Waals surface area contributed by atoms with Crippen LogP contribution in [0.3, 0.4) is 0 Å². The number of para-hydroxylation sites is 1. The number of hydrogen-bond donors (Lipinski definition) is 1. The fourth-order valence-electron chi connectivity index (χ4n) is 3.53. The number of benzene rings is 1. The van der Waals surface area contributed by atoms with E-state index in [1.807, 2.05) is 41.3 Å². The number of esters is 1. The molecule has 1 aromatic carbocycles. The van der Waals surface area contributed by atoms with Crippen LogP contribution in [-0.2, 0) is 27.3 Å². The topological polar surface area (TPSA) is 93.9 Å². The van der Waals surface area contributed by atoms with Crippen molar-refractivity contribution < 1.29 is 23.6 Å². The monoisotopic (exact) mass is 473 g/mol. The molecule has 2 amide bonds. The molecular weight excluding hydrogens is 434 g/mol. The van der Waals surface area contributed by atoms with Crippen LogP contribution in [-0.4, -0.2) is 48.9 Å². The minimum Gasteiger partial charge on any atom is -0.469 e. The lowest BCUT2D eigenvalue weighted by atomic mass is 10.1. The van der Waals surface area contributed by atoms with Gasteiger partial charge in [0.05, 0.1) is 25.8 Å². The Morgan fingerprint density at radius 2 is 1.76 bits per heavy atom. The quantitative estimate of drug-likeness (QED) is 0.238. The highest BCUT2D eigenvalue weighted by Gasteiger charge is 2.13. The van der Waals surface area contributed by atoms with Crippen molar-refractivity contribution >= 4 is 17.7 Å². The standard InChI is InChI=1S/C26H39N3O5/c1-3-4-5-6-11-17-29(26(31)27-22-13-8-7-9-14-22)18-12-10-15-23-20-24(34-28-23)21-33-19-16-25(30)32-2/h7-9,13-14,20H,3-6,10-12,15-19,21H2,1-2H3,(H,27,31). The molecule has 0 aliphatic rings. The van der Waals surface area contributed by atoms with E-state index in [1.54, 1.807) is 0 Å². The lowest BCUT2D eigenvalue weighted by molar-refractivity contribution is -0.142. The van der Waals surface area contributed by atoms with Crippen LogP contribution in [0, 0.1) is 0 Å². The van der Waals surface area contributed by atoms with Gasteiger partial charge in [0.2, 0.25) is 0 Å². The first-order valence-corrected chi connectivity index (χ1v) is 12.3. The molecule has 2 rings (SSSR count). The number of unbranched alkanes of at least 4 members (excludes halogenated alkanes) is 5. The van der Waals surface area contributed by atoms with Crippen molar-refractivity contribution in [3.63, 3.8) is 0 Å². The minimum atomic E-state index is -0.300. The summed E-state index contributed by atoms with van der Waals surface area (Å²) in [4.78, 5) is 25.8. The molecule has 0 fully saturated rings. The number of aryl methyl sites for hydroxylation is 1. The zero-order valence-electron chi connectivity index (χ0n) is 20.6. The Kier molecular flexibility index (Phi) is 13.4. The number of carbonyl (C=O) groups is 2. The predicted molar refractivity (Wildman–Crippen MR) is 132 cm³/mol. The van der Waals surface area contributed by atoms with Crippen LogP contribution in [0.5, 0.6) is 0 Å². The maximum atomic E-state index is 12.8. The lowest BCUT2D eigenvalue weighted by Crippen LogP contribution is -2.36. The smallest absolute Gasteiger partial charge is 0.321 e. The summed E-state index contributed by atoms with van der Waals surface area (Å²) in [7, 11) is 1.35. The number of anilines is 1. The Labute approximate surface area is 203 Å². The van der Waals surface area contributed by atoms with Crippen LogP contribution >= 0.6 is 0 Å². The first kappa shape index (κ1) is 27.4. The van der Waals surface area contributed by atoms with E-state index in [9.17, 15) is 9.59 Å². The van der Waals surface area contributed by atoms with Crippen molar-refractivity contribution in [2.45, 2.75) is 71.3 Å². The number of rotatable bonds is 17. The Hall–Kier alpha value is -2.87. The molecule has 0 saturated heterocycles. The summed E-state index contributed by atoms with van der Waals surface area (Å²) in [5.41, 5.74) is 1.68. The SMILES string of the molecule is CCCCCCCN(CCCCc1cc(COCCC(=O)OC)on1)C(=O)Nc1ccccc1. The average molecular weight is 474 g/mol. The van der Waals surface area contributed by atoms with Crippen molar-refractivity contribution in [2.24, 2.45) is 0 Å². The number of nitrogens with one attached hydrogen (secondary N) is 1. The van der Waals surface area contributed by atoms with E-state index >= 15 is 0 Å². The van der Waals surface area contributed by atoms with Gasteiger partial charge >= 0.3 is 12.0 Å². The molecule has 2 aromatic rings. The summed E-state index contributed by atoms with van der Waals surface area (Å²) < 4.78 is 15.3. The van der Waals surface area contributed by atoms with Gasteiger partial charge < -0.3 is 24.2 Å². The molecule has 0 aliphatic carbocycles. The van der Waals surface area contributed by atoms with Crippen molar-refractivity contribution in [3.8, 4) is 0 Å². The molecule has 188 valence electrons. The van der Waals surface area contributed by atoms with Gasteiger partial charge in [0, 0.05) is 24.8 Å². The summed E-state index contributed by atoms with van der Waals surface area (Å²) in [6.07, 6.45) is 8.60. The molecule has 0 unspecified atom stereocenters. The molecule has 1 heterocycles. The highest BCUT2D eigenvalue weighted by Crippen LogP contribution is 2.12. The molecule has 0 bridgehead atoms. The summed E-state index contributed by atoms with van der Waals surface area (Å²) in [6, 6.07) is 11.4. The molecule has 1 aromatic heterocycles. The summed E-state index contributed by atoms with van der Waals surface area (Å²) in [5.74, 6) is 0.335. The maximum Gasteiger partial charge on any atom is 0.321 e. The van der Waals surface area contributed by atoms with Gasteiger partial charge in [-0.1, -0.05) is 56.0 Å². The number of aromatic nitrogens is 1. The normalized spacial score (nSPS) is 10.8. The van der Waals surface area contributed by atoms with E-state index in [4.69, 9.17) is 9.26 Å². The molecule has 0 atom stereocenters. The van der Waals surface area contributed by atoms with E-state index < -0.39 is 0 Å². The Morgan fingerprint density at radius 3 is 2.50 bits per heavy atom.